The molecule has 0 amide bonds. The molecule has 1 heterocycles. The number of nitrogens with two attached hydrogens (primary N) is 1. The normalized spacial score (nSPS) is 11.7. The molecule has 0 spiro atoms. The first kappa shape index (κ1) is 13.1. The Labute approximate surface area is 112 Å². The summed E-state index contributed by atoms with van der Waals surface area (Å²) >= 11 is 1.53. The number of ether oxygens (including phenoxy) is 1. The second kappa shape index (κ2) is 5.08. The van der Waals surface area contributed by atoms with E-state index in [4.69, 9.17) is 10.5 Å². The summed E-state index contributed by atoms with van der Waals surface area (Å²) in [6.07, 6.45) is 0.721. The highest BCUT2D eigenvalue weighted by Gasteiger charge is 2.21. The molecular weight excluding hydrogens is 244 g/mol. The highest BCUT2D eigenvalue weighted by molar-refractivity contribution is 7.18. The van der Waals surface area contributed by atoms with Crippen LogP contribution in [0.4, 0.5) is 5.00 Å². The zero-order valence-corrected chi connectivity index (χ0v) is 11.8. The summed E-state index contributed by atoms with van der Waals surface area (Å²) in [5.41, 5.74) is 7.83. The fourth-order valence-electron chi connectivity index (χ4n) is 1.67. The summed E-state index contributed by atoms with van der Waals surface area (Å²) in [5, 5.41) is 1.74. The molecule has 0 aliphatic rings. The maximum Gasteiger partial charge on any atom is 0.125 e. The van der Waals surface area contributed by atoms with Gasteiger partial charge in [0.2, 0.25) is 0 Å². The Bertz CT molecular complexity index is 520. The van der Waals surface area contributed by atoms with E-state index in [2.05, 4.69) is 4.98 Å². The van der Waals surface area contributed by atoms with Gasteiger partial charge in [0.1, 0.15) is 10.0 Å². The van der Waals surface area contributed by atoms with Crippen molar-refractivity contribution in [3.05, 3.63) is 36.0 Å². The van der Waals surface area contributed by atoms with Crippen molar-refractivity contribution in [3.8, 4) is 10.6 Å². The maximum atomic E-state index is 6.04. The highest BCUT2D eigenvalue weighted by Crippen LogP contribution is 2.32. The topological polar surface area (TPSA) is 48.1 Å². The van der Waals surface area contributed by atoms with E-state index >= 15 is 0 Å². The second-order valence-corrected chi connectivity index (χ2v) is 5.87. The molecule has 0 saturated carbocycles. The molecular formula is C14H18N2OS. The van der Waals surface area contributed by atoms with E-state index in [1.165, 1.54) is 11.3 Å². The van der Waals surface area contributed by atoms with Gasteiger partial charge in [-0.05, 0) is 13.8 Å². The Morgan fingerprint density at radius 1 is 1.28 bits per heavy atom. The van der Waals surface area contributed by atoms with Gasteiger partial charge >= 0.3 is 0 Å². The van der Waals surface area contributed by atoms with E-state index in [-0.39, 0.29) is 5.60 Å². The number of rotatable bonds is 4. The van der Waals surface area contributed by atoms with E-state index in [0.717, 1.165) is 27.7 Å². The van der Waals surface area contributed by atoms with E-state index in [9.17, 15) is 0 Å². The first-order chi connectivity index (χ1) is 8.52. The average Bonchev–Trinajstić information content (AvgIpc) is 2.72. The van der Waals surface area contributed by atoms with Gasteiger partial charge in [0.15, 0.2) is 0 Å². The van der Waals surface area contributed by atoms with Crippen molar-refractivity contribution in [2.75, 3.05) is 12.8 Å². The van der Waals surface area contributed by atoms with E-state index < -0.39 is 0 Å². The van der Waals surface area contributed by atoms with Crippen LogP contribution in [0.15, 0.2) is 30.3 Å². The Balaban J connectivity index is 2.28. The van der Waals surface area contributed by atoms with Crippen molar-refractivity contribution in [1.82, 2.24) is 4.98 Å². The minimum atomic E-state index is -0.240. The van der Waals surface area contributed by atoms with Crippen LogP contribution in [0.5, 0.6) is 0 Å². The number of aromatic nitrogens is 1. The number of anilines is 1. The SMILES string of the molecule is COC(C)(C)Cc1nc(-c2ccccc2)sc1N. The van der Waals surface area contributed by atoms with Crippen LogP contribution in [-0.4, -0.2) is 17.7 Å². The van der Waals surface area contributed by atoms with Crippen LogP contribution >= 0.6 is 11.3 Å². The largest absolute Gasteiger partial charge is 0.389 e. The predicted octanol–water partition coefficient (Wildman–Crippen LogP) is 3.36. The van der Waals surface area contributed by atoms with Crippen LogP contribution in [0.3, 0.4) is 0 Å². The lowest BCUT2D eigenvalue weighted by Crippen LogP contribution is -2.26. The molecule has 2 rings (SSSR count). The molecule has 0 atom stereocenters. The summed E-state index contributed by atoms with van der Waals surface area (Å²) in [6.45, 7) is 4.07. The first-order valence-electron chi connectivity index (χ1n) is 5.87. The maximum absolute atomic E-state index is 6.04. The van der Waals surface area contributed by atoms with Gasteiger partial charge in [-0.1, -0.05) is 41.7 Å². The van der Waals surface area contributed by atoms with Gasteiger partial charge in [-0.3, -0.25) is 0 Å². The third-order valence-electron chi connectivity index (χ3n) is 2.89. The lowest BCUT2D eigenvalue weighted by Gasteiger charge is -2.21. The van der Waals surface area contributed by atoms with E-state index in [1.807, 2.05) is 44.2 Å². The molecule has 1 aromatic heterocycles. The zero-order chi connectivity index (χ0) is 13.2. The third kappa shape index (κ3) is 2.89. The second-order valence-electron chi connectivity index (χ2n) is 4.84. The minimum Gasteiger partial charge on any atom is -0.389 e. The summed E-state index contributed by atoms with van der Waals surface area (Å²) < 4.78 is 5.42. The highest BCUT2D eigenvalue weighted by atomic mass is 32.1. The molecule has 4 heteroatoms. The van der Waals surface area contributed by atoms with Crippen molar-refractivity contribution in [3.63, 3.8) is 0 Å². The number of nitrogen functional groups attached to an aromatic ring is 1. The summed E-state index contributed by atoms with van der Waals surface area (Å²) in [6, 6.07) is 10.1. The van der Waals surface area contributed by atoms with Crippen molar-refractivity contribution in [2.45, 2.75) is 25.9 Å². The molecule has 18 heavy (non-hydrogen) atoms. The molecule has 2 aromatic rings. The standard InChI is InChI=1S/C14H18N2OS/c1-14(2,17-3)9-11-12(15)18-13(16-11)10-7-5-4-6-8-10/h4-8H,9,15H2,1-3H3. The zero-order valence-electron chi connectivity index (χ0n) is 10.9. The summed E-state index contributed by atoms with van der Waals surface area (Å²) in [7, 11) is 1.71. The van der Waals surface area contributed by atoms with Crippen LogP contribution in [0.2, 0.25) is 0 Å². The number of hydrogen-bond acceptors (Lipinski definition) is 4. The Morgan fingerprint density at radius 3 is 2.56 bits per heavy atom. The van der Waals surface area contributed by atoms with Crippen LogP contribution < -0.4 is 5.73 Å². The first-order valence-corrected chi connectivity index (χ1v) is 6.69. The van der Waals surface area contributed by atoms with E-state index in [1.54, 1.807) is 7.11 Å². The predicted molar refractivity (Wildman–Crippen MR) is 76.8 cm³/mol. The van der Waals surface area contributed by atoms with Gasteiger partial charge in [-0.2, -0.15) is 0 Å². The Morgan fingerprint density at radius 2 is 1.94 bits per heavy atom. The molecule has 0 unspecified atom stereocenters. The Kier molecular flexibility index (Phi) is 3.68. The number of benzene rings is 1. The number of hydrogen-bond donors (Lipinski definition) is 1. The summed E-state index contributed by atoms with van der Waals surface area (Å²) in [5.74, 6) is 0. The van der Waals surface area contributed by atoms with Gasteiger partial charge in [-0.25, -0.2) is 4.98 Å². The molecule has 2 N–H and O–H groups in total. The number of methoxy groups -OCH3 is 1. The number of thiazole rings is 1. The van der Waals surface area contributed by atoms with Gasteiger partial charge in [-0.15, -0.1) is 0 Å². The van der Waals surface area contributed by atoms with Gasteiger partial charge in [0, 0.05) is 19.1 Å². The molecule has 0 bridgehead atoms. The lowest BCUT2D eigenvalue weighted by molar-refractivity contribution is 0.0227. The van der Waals surface area contributed by atoms with Crippen LogP contribution in [0.1, 0.15) is 19.5 Å². The van der Waals surface area contributed by atoms with Crippen LogP contribution in [-0.2, 0) is 11.2 Å². The number of nitrogens with zero attached hydrogens (tertiary/aromatic N) is 1. The van der Waals surface area contributed by atoms with Gasteiger partial charge in [0.25, 0.3) is 0 Å². The molecule has 1 aromatic carbocycles. The fourth-order valence-corrected chi connectivity index (χ4v) is 2.52. The van der Waals surface area contributed by atoms with Crippen molar-refractivity contribution >= 4 is 16.3 Å². The minimum absolute atomic E-state index is 0.240. The monoisotopic (exact) mass is 262 g/mol. The molecule has 3 nitrogen and oxygen atoms in total. The lowest BCUT2D eigenvalue weighted by atomic mass is 10.0. The molecule has 0 aliphatic heterocycles. The molecule has 0 radical (unpaired) electrons. The third-order valence-corrected chi connectivity index (χ3v) is 3.87. The van der Waals surface area contributed by atoms with E-state index in [0.29, 0.717) is 0 Å². The van der Waals surface area contributed by atoms with Gasteiger partial charge in [0.05, 0.1) is 11.3 Å². The molecule has 0 aliphatic carbocycles. The molecule has 0 saturated heterocycles. The van der Waals surface area contributed by atoms with Crippen molar-refractivity contribution < 1.29 is 4.74 Å². The van der Waals surface area contributed by atoms with Crippen molar-refractivity contribution in [1.29, 1.82) is 0 Å². The fraction of sp³-hybridized carbons (Fsp3) is 0.357. The quantitative estimate of drug-likeness (QED) is 0.919. The van der Waals surface area contributed by atoms with Crippen LogP contribution in [0, 0.1) is 0 Å². The molecule has 96 valence electrons. The van der Waals surface area contributed by atoms with Crippen LogP contribution in [0.25, 0.3) is 10.6 Å². The summed E-state index contributed by atoms with van der Waals surface area (Å²) in [4.78, 5) is 4.63. The van der Waals surface area contributed by atoms with Gasteiger partial charge < -0.3 is 10.5 Å². The average molecular weight is 262 g/mol. The molecule has 0 fully saturated rings. The van der Waals surface area contributed by atoms with Crippen molar-refractivity contribution in [2.24, 2.45) is 0 Å². The smallest absolute Gasteiger partial charge is 0.125 e. The Hall–Kier alpha value is -1.39.